The van der Waals surface area contributed by atoms with Crippen molar-refractivity contribution in [1.82, 2.24) is 0 Å². The molecule has 0 aliphatic rings. The summed E-state index contributed by atoms with van der Waals surface area (Å²) in [7, 11) is 0. The third-order valence-electron chi connectivity index (χ3n) is 1.68. The molecule has 9 heavy (non-hydrogen) atoms. The highest BCUT2D eigenvalue weighted by Crippen LogP contribution is 2.15. The zero-order valence-corrected chi connectivity index (χ0v) is 6.91. The molecule has 0 fully saturated rings. The summed E-state index contributed by atoms with van der Waals surface area (Å²) >= 11 is 0. The van der Waals surface area contributed by atoms with Gasteiger partial charge >= 0.3 is 0 Å². The van der Waals surface area contributed by atoms with Gasteiger partial charge in [0.05, 0.1) is 0 Å². The van der Waals surface area contributed by atoms with Crippen LogP contribution in [0.15, 0.2) is 0 Å². The highest BCUT2D eigenvalue weighted by molar-refractivity contribution is 4.69. The normalized spacial score (nSPS) is 10.7. The maximum Gasteiger partial charge on any atom is -0.0173 e. The van der Waals surface area contributed by atoms with Crippen LogP contribution in [0.1, 0.15) is 46.5 Å². The molecule has 0 aliphatic carbocycles. The zero-order chi connectivity index (χ0) is 7.11. The molecule has 0 aromatic rings. The van der Waals surface area contributed by atoms with Crippen molar-refractivity contribution in [3.8, 4) is 0 Å². The van der Waals surface area contributed by atoms with E-state index in [0.717, 1.165) is 5.92 Å². The van der Waals surface area contributed by atoms with Crippen molar-refractivity contribution in [3.63, 3.8) is 0 Å². The summed E-state index contributed by atoms with van der Waals surface area (Å²) in [5.74, 6) is 0.764. The molecule has 0 heterocycles. The Morgan fingerprint density at radius 3 is 1.78 bits per heavy atom. The van der Waals surface area contributed by atoms with Gasteiger partial charge in [-0.3, -0.25) is 0 Å². The second-order valence-electron chi connectivity index (χ2n) is 2.56. The van der Waals surface area contributed by atoms with Crippen LogP contribution < -0.4 is 0 Å². The van der Waals surface area contributed by atoms with Crippen molar-refractivity contribution in [1.29, 1.82) is 0 Å². The molecule has 0 amide bonds. The molecule has 0 aliphatic heterocycles. The molecule has 0 heteroatoms. The first-order chi connectivity index (χ1) is 4.35. The lowest BCUT2D eigenvalue weighted by Gasteiger charge is -2.09. The van der Waals surface area contributed by atoms with Gasteiger partial charge in [-0.05, 0) is 12.3 Å². The molecule has 0 rings (SSSR count). The van der Waals surface area contributed by atoms with Gasteiger partial charge in [0.15, 0.2) is 0 Å². The van der Waals surface area contributed by atoms with Gasteiger partial charge in [-0.15, -0.1) is 0 Å². The lowest BCUT2D eigenvalue weighted by Crippen LogP contribution is -1.97. The molecule has 0 saturated carbocycles. The minimum Gasteiger partial charge on any atom is -0.0654 e. The average molecular weight is 126 g/mol. The van der Waals surface area contributed by atoms with Gasteiger partial charge in [-0.2, -0.15) is 0 Å². The Hall–Kier alpha value is 0. The van der Waals surface area contributed by atoms with Crippen LogP contribution in [0.4, 0.5) is 0 Å². The van der Waals surface area contributed by atoms with Gasteiger partial charge < -0.3 is 0 Å². The first-order valence-corrected chi connectivity index (χ1v) is 4.02. The lowest BCUT2D eigenvalue weighted by atomic mass is 9.96. The van der Waals surface area contributed by atoms with Gasteiger partial charge in [0.25, 0.3) is 0 Å². The van der Waals surface area contributed by atoms with Crippen LogP contribution in [0, 0.1) is 12.3 Å². The molecule has 54 valence electrons. The minimum atomic E-state index is 0.764. The largest absolute Gasteiger partial charge is 0.0654 e. The van der Waals surface area contributed by atoms with Gasteiger partial charge in [0, 0.05) is 0 Å². The fraction of sp³-hybridized carbons (Fsp3) is 0.889. The Balaban J connectivity index is 3.18. The summed E-state index contributed by atoms with van der Waals surface area (Å²) in [5.41, 5.74) is 0. The van der Waals surface area contributed by atoms with Crippen LogP contribution >= 0.6 is 0 Å². The Bertz CT molecular complexity index is 42.0. The van der Waals surface area contributed by atoms with Crippen molar-refractivity contribution >= 4 is 0 Å². The van der Waals surface area contributed by atoms with Crippen LogP contribution in [-0.4, -0.2) is 0 Å². The molecule has 0 bridgehead atoms. The van der Waals surface area contributed by atoms with Gasteiger partial charge in [-0.25, -0.2) is 0 Å². The highest BCUT2D eigenvalue weighted by Gasteiger charge is 2.02. The van der Waals surface area contributed by atoms with E-state index in [1.165, 1.54) is 25.7 Å². The summed E-state index contributed by atoms with van der Waals surface area (Å²) < 4.78 is 0. The summed E-state index contributed by atoms with van der Waals surface area (Å²) in [5, 5.41) is 0. The van der Waals surface area contributed by atoms with Crippen molar-refractivity contribution in [2.45, 2.75) is 46.5 Å². The molecule has 0 N–H and O–H groups in total. The third-order valence-corrected chi connectivity index (χ3v) is 1.68. The highest BCUT2D eigenvalue weighted by atomic mass is 14.1. The van der Waals surface area contributed by atoms with E-state index in [4.69, 9.17) is 0 Å². The summed E-state index contributed by atoms with van der Waals surface area (Å²) in [6.07, 6.45) is 8.55. The predicted octanol–water partition coefficient (Wildman–Crippen LogP) is 3.30. The standard InChI is InChI=1S/C9H18/c1-4-7-9(6-3)8-5-2/h9H,4-5,7-8H2,1-3H3. The van der Waals surface area contributed by atoms with E-state index in [-0.39, 0.29) is 0 Å². The maximum atomic E-state index is 3.30. The Kier molecular flexibility index (Phi) is 6.12. The quantitative estimate of drug-likeness (QED) is 0.530. The molecule has 0 aromatic carbocycles. The van der Waals surface area contributed by atoms with E-state index in [1.54, 1.807) is 0 Å². The first kappa shape index (κ1) is 9.00. The van der Waals surface area contributed by atoms with Crippen LogP contribution in [0.5, 0.6) is 0 Å². The van der Waals surface area contributed by atoms with Crippen molar-refractivity contribution in [3.05, 3.63) is 6.42 Å². The number of hydrogen-bond donors (Lipinski definition) is 0. The van der Waals surface area contributed by atoms with Crippen LogP contribution in [0.3, 0.4) is 0 Å². The molecule has 0 saturated heterocycles. The van der Waals surface area contributed by atoms with Crippen molar-refractivity contribution in [2.24, 2.45) is 5.92 Å². The Morgan fingerprint density at radius 1 is 1.11 bits per heavy atom. The second kappa shape index (κ2) is 6.12. The van der Waals surface area contributed by atoms with E-state index in [0.29, 0.717) is 0 Å². The molecule has 0 spiro atoms. The third kappa shape index (κ3) is 4.50. The topological polar surface area (TPSA) is 0 Å². The average Bonchev–Trinajstić information content (AvgIpc) is 1.88. The van der Waals surface area contributed by atoms with E-state index < -0.39 is 0 Å². The molecule has 2 radical (unpaired) electrons. The van der Waals surface area contributed by atoms with E-state index in [1.807, 2.05) is 0 Å². The molecular formula is C9H18. The van der Waals surface area contributed by atoms with Crippen molar-refractivity contribution in [2.75, 3.05) is 0 Å². The van der Waals surface area contributed by atoms with Gasteiger partial charge in [0.2, 0.25) is 0 Å². The second-order valence-corrected chi connectivity index (χ2v) is 2.56. The molecule has 0 aromatic heterocycles. The Morgan fingerprint density at radius 2 is 1.56 bits per heavy atom. The smallest absolute Gasteiger partial charge is 0.0173 e. The molecule has 0 unspecified atom stereocenters. The maximum absolute atomic E-state index is 3.30. The molecule has 0 nitrogen and oxygen atoms in total. The van der Waals surface area contributed by atoms with Crippen LogP contribution in [-0.2, 0) is 0 Å². The van der Waals surface area contributed by atoms with Gasteiger partial charge in [-0.1, -0.05) is 46.5 Å². The molecule has 0 atom stereocenters. The Labute approximate surface area is 59.7 Å². The van der Waals surface area contributed by atoms with Crippen molar-refractivity contribution < 1.29 is 0 Å². The fourth-order valence-electron chi connectivity index (χ4n) is 1.13. The summed E-state index contributed by atoms with van der Waals surface area (Å²) in [6, 6.07) is 0. The SMILES string of the molecule is C[C]C(CCC)CCC. The minimum absolute atomic E-state index is 0.764. The van der Waals surface area contributed by atoms with Gasteiger partial charge in [0.1, 0.15) is 0 Å². The van der Waals surface area contributed by atoms with Crippen LogP contribution in [0.25, 0.3) is 0 Å². The zero-order valence-electron chi connectivity index (χ0n) is 6.91. The monoisotopic (exact) mass is 126 g/mol. The van der Waals surface area contributed by atoms with E-state index >= 15 is 0 Å². The predicted molar refractivity (Wildman–Crippen MR) is 42.2 cm³/mol. The molecular weight excluding hydrogens is 108 g/mol. The summed E-state index contributed by atoms with van der Waals surface area (Å²) in [6.45, 7) is 6.52. The first-order valence-electron chi connectivity index (χ1n) is 4.02. The summed E-state index contributed by atoms with van der Waals surface area (Å²) in [4.78, 5) is 0. The fourth-order valence-corrected chi connectivity index (χ4v) is 1.13. The number of rotatable bonds is 5. The number of hydrogen-bond acceptors (Lipinski definition) is 0. The van der Waals surface area contributed by atoms with E-state index in [2.05, 4.69) is 27.2 Å². The van der Waals surface area contributed by atoms with Crippen LogP contribution in [0.2, 0.25) is 0 Å². The van der Waals surface area contributed by atoms with E-state index in [9.17, 15) is 0 Å². The lowest BCUT2D eigenvalue weighted by molar-refractivity contribution is 0.499.